The second-order valence-electron chi connectivity index (χ2n) is 5.67. The quantitative estimate of drug-likeness (QED) is 0.868. The maximum atomic E-state index is 12.9. The fourth-order valence-corrected chi connectivity index (χ4v) is 1.42. The van der Waals surface area contributed by atoms with Crippen LogP contribution in [0.1, 0.15) is 26.3 Å². The number of carbonyl (C=O) groups is 1. The molecule has 0 bridgehead atoms. The Morgan fingerprint density at radius 1 is 1.16 bits per heavy atom. The molecule has 106 valence electrons. The van der Waals surface area contributed by atoms with Gasteiger partial charge in [0.15, 0.2) is 11.6 Å². The van der Waals surface area contributed by atoms with Crippen molar-refractivity contribution in [2.24, 2.45) is 5.41 Å². The van der Waals surface area contributed by atoms with Gasteiger partial charge in [0.2, 0.25) is 0 Å². The molecule has 0 fully saturated rings. The van der Waals surface area contributed by atoms with Gasteiger partial charge in [0.05, 0.1) is 0 Å². The van der Waals surface area contributed by atoms with E-state index < -0.39 is 11.6 Å². The summed E-state index contributed by atoms with van der Waals surface area (Å²) in [6, 6.07) is 3.49. The second kappa shape index (κ2) is 6.50. The highest BCUT2D eigenvalue weighted by molar-refractivity contribution is 5.73. The van der Waals surface area contributed by atoms with E-state index in [9.17, 15) is 13.6 Å². The number of carbonyl (C=O) groups excluding carboxylic acids is 1. The fraction of sp³-hybridized carbons (Fsp3) is 0.500. The molecule has 1 aromatic rings. The second-order valence-corrected chi connectivity index (χ2v) is 5.67. The maximum absolute atomic E-state index is 12.9. The van der Waals surface area contributed by atoms with Crippen molar-refractivity contribution >= 4 is 6.03 Å². The van der Waals surface area contributed by atoms with Crippen LogP contribution in [0.2, 0.25) is 0 Å². The zero-order chi connectivity index (χ0) is 14.5. The lowest BCUT2D eigenvalue weighted by Crippen LogP contribution is -2.40. The number of rotatable bonds is 4. The predicted molar refractivity (Wildman–Crippen MR) is 70.9 cm³/mol. The van der Waals surface area contributed by atoms with Crippen molar-refractivity contribution in [3.05, 3.63) is 35.4 Å². The molecule has 1 aromatic carbocycles. The largest absolute Gasteiger partial charge is 0.338 e. The van der Waals surface area contributed by atoms with Crippen LogP contribution >= 0.6 is 0 Å². The highest BCUT2D eigenvalue weighted by atomic mass is 19.2. The SMILES string of the molecule is CC(C)(C)CNC(=O)NCCc1ccc(F)c(F)c1. The van der Waals surface area contributed by atoms with Gasteiger partial charge in [0.25, 0.3) is 0 Å². The van der Waals surface area contributed by atoms with Crippen LogP contribution in [0.5, 0.6) is 0 Å². The first-order valence-electron chi connectivity index (χ1n) is 6.23. The third-order valence-corrected chi connectivity index (χ3v) is 2.46. The molecule has 0 saturated heterocycles. The van der Waals surface area contributed by atoms with Gasteiger partial charge >= 0.3 is 6.03 Å². The van der Waals surface area contributed by atoms with Crippen LogP contribution in [-0.4, -0.2) is 19.1 Å². The molecule has 0 unspecified atom stereocenters. The summed E-state index contributed by atoms with van der Waals surface area (Å²) in [6.45, 7) is 7.02. The Morgan fingerprint density at radius 3 is 2.42 bits per heavy atom. The molecule has 0 aliphatic rings. The third-order valence-electron chi connectivity index (χ3n) is 2.46. The molecule has 3 nitrogen and oxygen atoms in total. The van der Waals surface area contributed by atoms with Crippen molar-refractivity contribution in [2.75, 3.05) is 13.1 Å². The number of halogens is 2. The molecular formula is C14H20F2N2O. The normalized spacial score (nSPS) is 11.2. The number of urea groups is 1. The van der Waals surface area contributed by atoms with Gasteiger partial charge in [-0.2, -0.15) is 0 Å². The Kier molecular flexibility index (Phi) is 5.27. The summed E-state index contributed by atoms with van der Waals surface area (Å²) in [5.74, 6) is -1.73. The van der Waals surface area contributed by atoms with E-state index in [2.05, 4.69) is 10.6 Å². The molecule has 0 saturated carbocycles. The van der Waals surface area contributed by atoms with Gasteiger partial charge < -0.3 is 10.6 Å². The summed E-state index contributed by atoms with van der Waals surface area (Å²) in [7, 11) is 0. The first-order chi connectivity index (χ1) is 8.78. The van der Waals surface area contributed by atoms with Crippen molar-refractivity contribution < 1.29 is 13.6 Å². The Balaban J connectivity index is 2.30. The first kappa shape index (κ1) is 15.4. The highest BCUT2D eigenvalue weighted by Crippen LogP contribution is 2.10. The van der Waals surface area contributed by atoms with Crippen molar-refractivity contribution in [3.8, 4) is 0 Å². The Morgan fingerprint density at radius 2 is 1.84 bits per heavy atom. The molecule has 0 aliphatic carbocycles. The van der Waals surface area contributed by atoms with E-state index in [4.69, 9.17) is 0 Å². The molecule has 0 radical (unpaired) electrons. The lowest BCUT2D eigenvalue weighted by Gasteiger charge is -2.18. The van der Waals surface area contributed by atoms with Crippen LogP contribution in [0.3, 0.4) is 0 Å². The molecule has 0 atom stereocenters. The third kappa shape index (κ3) is 6.18. The van der Waals surface area contributed by atoms with E-state index in [1.54, 1.807) is 0 Å². The molecule has 5 heteroatoms. The Bertz CT molecular complexity index is 442. The van der Waals surface area contributed by atoms with Crippen molar-refractivity contribution in [2.45, 2.75) is 27.2 Å². The van der Waals surface area contributed by atoms with E-state index in [-0.39, 0.29) is 11.4 Å². The summed E-state index contributed by atoms with van der Waals surface area (Å²) >= 11 is 0. The maximum Gasteiger partial charge on any atom is 0.314 e. The molecule has 0 aromatic heterocycles. The minimum absolute atomic E-state index is 0.0252. The molecule has 2 N–H and O–H groups in total. The van der Waals surface area contributed by atoms with E-state index in [1.807, 2.05) is 20.8 Å². The molecule has 19 heavy (non-hydrogen) atoms. The van der Waals surface area contributed by atoms with E-state index in [0.717, 1.165) is 12.1 Å². The monoisotopic (exact) mass is 270 g/mol. The first-order valence-corrected chi connectivity index (χ1v) is 6.23. The summed E-state index contributed by atoms with van der Waals surface area (Å²) in [4.78, 5) is 11.4. The lowest BCUT2D eigenvalue weighted by atomic mass is 9.97. The highest BCUT2D eigenvalue weighted by Gasteiger charge is 2.11. The Labute approximate surface area is 112 Å². The smallest absolute Gasteiger partial charge is 0.314 e. The molecule has 0 spiro atoms. The lowest BCUT2D eigenvalue weighted by molar-refractivity contribution is 0.235. The number of amides is 2. The predicted octanol–water partition coefficient (Wildman–Crippen LogP) is 2.85. The molecular weight excluding hydrogens is 250 g/mol. The number of benzene rings is 1. The standard InChI is InChI=1S/C14H20F2N2O/c1-14(2,3)9-18-13(19)17-7-6-10-4-5-11(15)12(16)8-10/h4-5,8H,6-7,9H2,1-3H3,(H2,17,18,19). The van der Waals surface area contributed by atoms with Crippen LogP contribution < -0.4 is 10.6 Å². The van der Waals surface area contributed by atoms with Gasteiger partial charge in [0, 0.05) is 13.1 Å². The fourth-order valence-electron chi connectivity index (χ4n) is 1.42. The Hall–Kier alpha value is -1.65. The van der Waals surface area contributed by atoms with Crippen LogP contribution in [0, 0.1) is 17.0 Å². The van der Waals surface area contributed by atoms with E-state index in [1.165, 1.54) is 6.07 Å². The summed E-state index contributed by atoms with van der Waals surface area (Å²) < 4.78 is 25.6. The minimum Gasteiger partial charge on any atom is -0.338 e. The number of hydrogen-bond acceptors (Lipinski definition) is 1. The topological polar surface area (TPSA) is 41.1 Å². The van der Waals surface area contributed by atoms with E-state index >= 15 is 0 Å². The van der Waals surface area contributed by atoms with Crippen molar-refractivity contribution in [1.82, 2.24) is 10.6 Å². The van der Waals surface area contributed by atoms with Crippen LogP contribution in [0.25, 0.3) is 0 Å². The van der Waals surface area contributed by atoms with Gasteiger partial charge in [-0.1, -0.05) is 26.8 Å². The van der Waals surface area contributed by atoms with Crippen molar-refractivity contribution in [3.63, 3.8) is 0 Å². The summed E-state index contributed by atoms with van der Waals surface area (Å²) in [5, 5.41) is 5.42. The number of nitrogens with one attached hydrogen (secondary N) is 2. The van der Waals surface area contributed by atoms with E-state index in [0.29, 0.717) is 25.1 Å². The summed E-state index contributed by atoms with van der Waals surface area (Å²) in [6.07, 6.45) is 0.458. The zero-order valence-electron chi connectivity index (χ0n) is 11.5. The average molecular weight is 270 g/mol. The average Bonchev–Trinajstić information content (AvgIpc) is 2.30. The van der Waals surface area contributed by atoms with Gasteiger partial charge in [-0.15, -0.1) is 0 Å². The zero-order valence-corrected chi connectivity index (χ0v) is 11.5. The van der Waals surface area contributed by atoms with Crippen LogP contribution in [0.4, 0.5) is 13.6 Å². The summed E-state index contributed by atoms with van der Waals surface area (Å²) in [5.41, 5.74) is 0.673. The van der Waals surface area contributed by atoms with Crippen LogP contribution in [0.15, 0.2) is 18.2 Å². The molecule has 2 amide bonds. The van der Waals surface area contributed by atoms with Gasteiger partial charge in [-0.05, 0) is 29.5 Å². The van der Waals surface area contributed by atoms with Crippen molar-refractivity contribution in [1.29, 1.82) is 0 Å². The van der Waals surface area contributed by atoms with Gasteiger partial charge in [-0.25, -0.2) is 13.6 Å². The van der Waals surface area contributed by atoms with Gasteiger partial charge in [0.1, 0.15) is 0 Å². The molecule has 1 rings (SSSR count). The number of hydrogen-bond donors (Lipinski definition) is 2. The molecule has 0 heterocycles. The minimum atomic E-state index is -0.866. The van der Waals surface area contributed by atoms with Gasteiger partial charge in [-0.3, -0.25) is 0 Å². The molecule has 0 aliphatic heterocycles. The van der Waals surface area contributed by atoms with Crippen LogP contribution in [-0.2, 0) is 6.42 Å².